The van der Waals surface area contributed by atoms with Crippen LogP contribution in [0.3, 0.4) is 0 Å². The molecule has 1 heterocycles. The Labute approximate surface area is 185 Å². The Morgan fingerprint density at radius 2 is 1.90 bits per heavy atom. The lowest BCUT2D eigenvalue weighted by Gasteiger charge is -2.23. The summed E-state index contributed by atoms with van der Waals surface area (Å²) in [6.07, 6.45) is 0. The van der Waals surface area contributed by atoms with Crippen LogP contribution < -0.4 is 15.4 Å². The number of nitrogens with one attached hydrogen (secondary N) is 2. The number of nitrogens with zero attached hydrogens (tertiary/aromatic N) is 2. The highest BCUT2D eigenvalue weighted by atomic mass is 32.1. The van der Waals surface area contributed by atoms with Crippen LogP contribution in [0.15, 0.2) is 46.8 Å². The Kier molecular flexibility index (Phi) is 10.1. The summed E-state index contributed by atoms with van der Waals surface area (Å²) >= 11 is 1.55. The maximum atomic E-state index is 10.7. The molecule has 0 saturated carbocycles. The molecule has 0 fully saturated rings. The lowest BCUT2D eigenvalue weighted by Crippen LogP contribution is -2.44. The highest BCUT2D eigenvalue weighted by Gasteiger charge is 2.24. The van der Waals surface area contributed by atoms with E-state index in [1.165, 1.54) is 0 Å². The maximum absolute atomic E-state index is 10.7. The molecule has 30 heavy (non-hydrogen) atoms. The van der Waals surface area contributed by atoms with E-state index in [1.807, 2.05) is 55.6 Å². The van der Waals surface area contributed by atoms with Crippen molar-refractivity contribution in [1.29, 1.82) is 0 Å². The number of guanidine groups is 1. The Morgan fingerprint density at radius 1 is 1.13 bits per heavy atom. The third-order valence-corrected chi connectivity index (χ3v) is 6.06. The van der Waals surface area contributed by atoms with Crippen molar-refractivity contribution in [2.75, 3.05) is 39.3 Å². The third kappa shape index (κ3) is 7.63. The molecule has 0 aliphatic heterocycles. The molecule has 1 unspecified atom stereocenters. The fourth-order valence-electron chi connectivity index (χ4n) is 3.03. The molecular formula is C23H36N4O2S. The number of benzene rings is 1. The predicted octanol–water partition coefficient (Wildman–Crippen LogP) is 3.43. The van der Waals surface area contributed by atoms with Crippen molar-refractivity contribution in [1.82, 2.24) is 15.5 Å². The molecule has 0 aliphatic carbocycles. The SMILES string of the molecule is CCNC(=NCc1ccccc1OCCN(CC)CC)NCC(C)(O)c1cccs1. The molecule has 1 aromatic carbocycles. The van der Waals surface area contributed by atoms with E-state index >= 15 is 0 Å². The van der Waals surface area contributed by atoms with Gasteiger partial charge >= 0.3 is 0 Å². The van der Waals surface area contributed by atoms with Crippen LogP contribution in [-0.2, 0) is 12.1 Å². The zero-order chi connectivity index (χ0) is 21.8. The molecule has 1 atom stereocenters. The van der Waals surface area contributed by atoms with E-state index in [9.17, 15) is 5.11 Å². The molecule has 0 aliphatic rings. The minimum atomic E-state index is -0.949. The Bertz CT molecular complexity index is 758. The molecule has 1 aromatic heterocycles. The van der Waals surface area contributed by atoms with E-state index in [4.69, 9.17) is 9.73 Å². The molecule has 6 nitrogen and oxygen atoms in total. The van der Waals surface area contributed by atoms with Gasteiger partial charge in [0.05, 0.1) is 13.1 Å². The predicted molar refractivity (Wildman–Crippen MR) is 126 cm³/mol. The van der Waals surface area contributed by atoms with Crippen LogP contribution in [-0.4, -0.2) is 55.3 Å². The summed E-state index contributed by atoms with van der Waals surface area (Å²) < 4.78 is 6.04. The first-order valence-electron chi connectivity index (χ1n) is 10.7. The normalized spacial score (nSPS) is 13.9. The molecule has 7 heteroatoms. The number of likely N-dealkylation sites (N-methyl/N-ethyl adjacent to an activating group) is 1. The monoisotopic (exact) mass is 432 g/mol. The molecule has 2 rings (SSSR count). The van der Waals surface area contributed by atoms with Gasteiger partial charge in [0, 0.05) is 23.5 Å². The van der Waals surface area contributed by atoms with Crippen molar-refractivity contribution in [3.05, 3.63) is 52.2 Å². The first-order chi connectivity index (χ1) is 14.5. The standard InChI is InChI=1S/C23H36N4O2S/c1-5-24-22(26-18-23(4,28)21-13-10-16-30-21)25-17-19-11-8-9-12-20(19)29-15-14-27(6-2)7-3/h8-13,16,28H,5-7,14-15,17-18H2,1-4H3,(H2,24,25,26). The summed E-state index contributed by atoms with van der Waals surface area (Å²) in [4.78, 5) is 7.97. The molecular weight excluding hydrogens is 396 g/mol. The van der Waals surface area contributed by atoms with Gasteiger partial charge in [-0.15, -0.1) is 11.3 Å². The van der Waals surface area contributed by atoms with Crippen LogP contribution in [0, 0.1) is 0 Å². The van der Waals surface area contributed by atoms with E-state index in [0.717, 1.165) is 42.4 Å². The number of rotatable bonds is 12. The average Bonchev–Trinajstić information content (AvgIpc) is 3.30. The van der Waals surface area contributed by atoms with Gasteiger partial charge < -0.3 is 25.4 Å². The fraction of sp³-hybridized carbons (Fsp3) is 0.522. The molecule has 0 spiro atoms. The molecule has 3 N–H and O–H groups in total. The van der Waals surface area contributed by atoms with E-state index in [-0.39, 0.29) is 0 Å². The topological polar surface area (TPSA) is 69.1 Å². The summed E-state index contributed by atoms with van der Waals surface area (Å²) in [6, 6.07) is 11.9. The summed E-state index contributed by atoms with van der Waals surface area (Å²) in [5, 5.41) is 19.2. The highest BCUT2D eigenvalue weighted by Crippen LogP contribution is 2.24. The first kappa shape index (κ1) is 24.2. The smallest absolute Gasteiger partial charge is 0.191 e. The summed E-state index contributed by atoms with van der Waals surface area (Å²) in [6.45, 7) is 13.4. The third-order valence-electron chi connectivity index (χ3n) is 4.94. The van der Waals surface area contributed by atoms with E-state index in [2.05, 4.69) is 29.4 Å². The van der Waals surface area contributed by atoms with Gasteiger partial charge in [-0.2, -0.15) is 0 Å². The van der Waals surface area contributed by atoms with Crippen LogP contribution in [0.4, 0.5) is 0 Å². The van der Waals surface area contributed by atoms with Gasteiger partial charge in [-0.1, -0.05) is 38.1 Å². The minimum Gasteiger partial charge on any atom is -0.492 e. The van der Waals surface area contributed by atoms with E-state index in [0.29, 0.717) is 25.7 Å². The van der Waals surface area contributed by atoms with Gasteiger partial charge in [-0.3, -0.25) is 0 Å². The number of thiophene rings is 1. The summed E-state index contributed by atoms with van der Waals surface area (Å²) in [5.41, 5.74) is 0.0924. The second-order valence-electron chi connectivity index (χ2n) is 7.28. The van der Waals surface area contributed by atoms with Crippen molar-refractivity contribution >= 4 is 17.3 Å². The van der Waals surface area contributed by atoms with Crippen molar-refractivity contribution < 1.29 is 9.84 Å². The Balaban J connectivity index is 1.98. The van der Waals surface area contributed by atoms with Crippen LogP contribution >= 0.6 is 11.3 Å². The van der Waals surface area contributed by atoms with Gasteiger partial charge in [0.1, 0.15) is 18.0 Å². The maximum Gasteiger partial charge on any atom is 0.191 e. The number of aliphatic imine (C=N–C) groups is 1. The Morgan fingerprint density at radius 3 is 2.57 bits per heavy atom. The van der Waals surface area contributed by atoms with Gasteiger partial charge in [-0.25, -0.2) is 4.99 Å². The van der Waals surface area contributed by atoms with Crippen molar-refractivity contribution in [2.45, 2.75) is 39.8 Å². The minimum absolute atomic E-state index is 0.376. The number of hydrogen-bond donors (Lipinski definition) is 3. The lowest BCUT2D eigenvalue weighted by molar-refractivity contribution is 0.0655. The molecule has 0 saturated heterocycles. The molecule has 166 valence electrons. The second-order valence-corrected chi connectivity index (χ2v) is 8.23. The van der Waals surface area contributed by atoms with Gasteiger partial charge in [0.15, 0.2) is 5.96 Å². The first-order valence-corrected chi connectivity index (χ1v) is 11.6. The molecule has 0 amide bonds. The number of ether oxygens (including phenoxy) is 1. The van der Waals surface area contributed by atoms with Crippen LogP contribution in [0.25, 0.3) is 0 Å². The Hall–Kier alpha value is -2.09. The zero-order valence-electron chi connectivity index (χ0n) is 18.6. The van der Waals surface area contributed by atoms with E-state index in [1.54, 1.807) is 11.3 Å². The number of aliphatic hydroxyl groups is 1. The number of para-hydroxylation sites is 1. The van der Waals surface area contributed by atoms with Crippen LogP contribution in [0.2, 0.25) is 0 Å². The highest BCUT2D eigenvalue weighted by molar-refractivity contribution is 7.10. The largest absolute Gasteiger partial charge is 0.492 e. The van der Waals surface area contributed by atoms with Gasteiger partial charge in [-0.05, 0) is 44.4 Å². The summed E-state index contributed by atoms with van der Waals surface area (Å²) in [7, 11) is 0. The van der Waals surface area contributed by atoms with Crippen LogP contribution in [0.1, 0.15) is 38.1 Å². The zero-order valence-corrected chi connectivity index (χ0v) is 19.5. The van der Waals surface area contributed by atoms with Crippen LogP contribution in [0.5, 0.6) is 5.75 Å². The lowest BCUT2D eigenvalue weighted by atomic mass is 10.1. The molecule has 2 aromatic rings. The fourth-order valence-corrected chi connectivity index (χ4v) is 3.82. The molecule has 0 bridgehead atoms. The average molecular weight is 433 g/mol. The number of hydrogen-bond acceptors (Lipinski definition) is 5. The van der Waals surface area contributed by atoms with Crippen molar-refractivity contribution in [3.63, 3.8) is 0 Å². The van der Waals surface area contributed by atoms with Crippen molar-refractivity contribution in [3.8, 4) is 5.75 Å². The quantitative estimate of drug-likeness (QED) is 0.354. The second kappa shape index (κ2) is 12.6. The van der Waals surface area contributed by atoms with E-state index < -0.39 is 5.60 Å². The van der Waals surface area contributed by atoms with Gasteiger partial charge in [0.2, 0.25) is 0 Å². The summed E-state index contributed by atoms with van der Waals surface area (Å²) in [5.74, 6) is 1.54. The van der Waals surface area contributed by atoms with Crippen molar-refractivity contribution in [2.24, 2.45) is 4.99 Å². The molecule has 0 radical (unpaired) electrons. The van der Waals surface area contributed by atoms with Gasteiger partial charge in [0.25, 0.3) is 0 Å².